The second kappa shape index (κ2) is 30.9. The molecule has 2 aromatic carbocycles. The number of carbonyl (C=O) groups excluding carboxylic acids is 8. The van der Waals surface area contributed by atoms with E-state index < -0.39 is 125 Å². The number of methoxy groups -OCH3 is 1. The molecule has 107 heavy (non-hydrogen) atoms. The Morgan fingerprint density at radius 3 is 1.95 bits per heavy atom. The molecule has 4 aliphatic carbocycles. The summed E-state index contributed by atoms with van der Waals surface area (Å²) in [5.74, 6) is 0.602. The third kappa shape index (κ3) is 16.9. The van der Waals surface area contributed by atoms with E-state index >= 15 is 0 Å². The lowest BCUT2D eigenvalue weighted by Gasteiger charge is -2.31. The molecular weight excluding hydrogens is 1430 g/mol. The van der Waals surface area contributed by atoms with Crippen LogP contribution in [0.4, 0.5) is 14.0 Å². The number of nitrogens with zero attached hydrogens (tertiary/aromatic N) is 5. The van der Waals surface area contributed by atoms with Gasteiger partial charge in [0.05, 0.1) is 75.3 Å². The lowest BCUT2D eigenvalue weighted by Crippen LogP contribution is -2.53. The predicted octanol–water partition coefficient (Wildman–Crippen LogP) is 12.3. The molecule has 1 unspecified atom stereocenters. The normalized spacial score (nSPS) is 30.0. The smallest absolute Gasteiger partial charge is 0.410 e. The van der Waals surface area contributed by atoms with Crippen LogP contribution in [0.15, 0.2) is 66.1 Å². The van der Waals surface area contributed by atoms with Crippen LogP contribution < -0.4 is 24.2 Å². The maximum Gasteiger partial charge on any atom is 0.410 e. The van der Waals surface area contributed by atoms with Gasteiger partial charge in [0.15, 0.2) is 11.6 Å². The number of benzene rings is 2. The van der Waals surface area contributed by atoms with Gasteiger partial charge in [0.2, 0.25) is 33.7 Å². The summed E-state index contributed by atoms with van der Waals surface area (Å²) < 4.78 is 82.3. The highest BCUT2D eigenvalue weighted by atomic mass is 32.2. The first-order chi connectivity index (χ1) is 50.6. The number of ketones is 2. The Bertz CT molecular complexity index is 4450. The van der Waals surface area contributed by atoms with Crippen molar-refractivity contribution >= 4 is 95.2 Å². The van der Waals surface area contributed by atoms with E-state index in [0.29, 0.717) is 91.6 Å². The van der Waals surface area contributed by atoms with Crippen LogP contribution in [-0.4, -0.2) is 157 Å². The highest BCUT2D eigenvalue weighted by Gasteiger charge is 2.65. The predicted molar refractivity (Wildman–Crippen MR) is 406 cm³/mol. The highest BCUT2D eigenvalue weighted by molar-refractivity contribution is 7.99. The van der Waals surface area contributed by atoms with E-state index in [-0.39, 0.29) is 79.6 Å². The fourth-order valence-electron chi connectivity index (χ4n) is 16.1. The Hall–Kier alpha value is -7.78. The molecule has 9 aliphatic rings. The van der Waals surface area contributed by atoms with Gasteiger partial charge in [-0.2, -0.15) is 0 Å². The van der Waals surface area contributed by atoms with Crippen molar-refractivity contribution in [1.82, 2.24) is 39.4 Å². The molecule has 2 saturated heterocycles. The Morgan fingerprint density at radius 2 is 1.36 bits per heavy atom. The third-order valence-electron chi connectivity index (χ3n) is 23.6. The van der Waals surface area contributed by atoms with Gasteiger partial charge in [-0.15, -0.1) is 11.3 Å². The van der Waals surface area contributed by atoms with Gasteiger partial charge >= 0.3 is 12.2 Å². The van der Waals surface area contributed by atoms with Crippen molar-refractivity contribution in [3.63, 3.8) is 0 Å². The quantitative estimate of drug-likeness (QED) is 0.0827. The minimum Gasteiger partial charge on any atom is -0.496 e. The van der Waals surface area contributed by atoms with Gasteiger partial charge in [-0.25, -0.2) is 36.6 Å². The van der Waals surface area contributed by atoms with Crippen LogP contribution in [0.1, 0.15) is 206 Å². The summed E-state index contributed by atoms with van der Waals surface area (Å²) in [5, 5.41) is 6.12. The van der Waals surface area contributed by atoms with Crippen molar-refractivity contribution in [2.75, 3.05) is 20.2 Å². The molecule has 580 valence electrons. The number of hydrogen-bond acceptors (Lipinski definition) is 18. The second-order valence-corrected chi connectivity index (χ2v) is 38.5. The summed E-state index contributed by atoms with van der Waals surface area (Å²) >= 11 is 1.52. The zero-order chi connectivity index (χ0) is 77.0. The Morgan fingerprint density at radius 1 is 0.757 bits per heavy atom. The van der Waals surface area contributed by atoms with Gasteiger partial charge in [-0.3, -0.25) is 43.1 Å². The van der Waals surface area contributed by atoms with Gasteiger partial charge in [-0.05, 0) is 159 Å². The number of thiazole rings is 1. The number of pyridine rings is 1. The van der Waals surface area contributed by atoms with Crippen LogP contribution in [0.25, 0.3) is 21.6 Å². The highest BCUT2D eigenvalue weighted by Crippen LogP contribution is 2.59. The minimum atomic E-state index is -3.91. The lowest BCUT2D eigenvalue weighted by atomic mass is 9.87. The number of ether oxygens (including phenoxy) is 4. The van der Waals surface area contributed by atoms with Crippen LogP contribution >= 0.6 is 11.3 Å². The molecule has 13 rings (SSSR count). The van der Waals surface area contributed by atoms with E-state index in [0.717, 1.165) is 66.6 Å². The average Bonchev–Trinajstić information content (AvgIpc) is 1.58. The third-order valence-corrected chi connectivity index (χ3v) is 28.7. The summed E-state index contributed by atoms with van der Waals surface area (Å²) in [5.41, 5.74) is 1.13. The molecule has 27 heteroatoms. The van der Waals surface area contributed by atoms with Crippen LogP contribution in [0.5, 0.6) is 11.5 Å². The lowest BCUT2D eigenvalue weighted by molar-refractivity contribution is -0.142. The molecule has 0 bridgehead atoms. The molecule has 7 heterocycles. The molecule has 4 saturated carbocycles. The number of nitrogens with one attached hydrogen (secondary N) is 3. The maximum atomic E-state index is 14.7. The molecule has 13 atom stereocenters. The fraction of sp³-hybridized carbons (Fsp3) is 0.613. The number of Topliss-reactive ketones (excluding diaryl/α,β-unsaturated/α-hetero) is 2. The van der Waals surface area contributed by atoms with Crippen LogP contribution in [0.3, 0.4) is 0 Å². The van der Waals surface area contributed by atoms with Crippen LogP contribution in [0.2, 0.25) is 0 Å². The topological polar surface area (TPSA) is 296 Å². The van der Waals surface area contributed by atoms with E-state index in [9.17, 15) is 55.4 Å². The van der Waals surface area contributed by atoms with Crippen molar-refractivity contribution in [1.29, 1.82) is 0 Å². The van der Waals surface area contributed by atoms with Crippen molar-refractivity contribution in [2.24, 2.45) is 40.4 Å². The van der Waals surface area contributed by atoms with Crippen LogP contribution in [-0.2, 0) is 71.1 Å². The van der Waals surface area contributed by atoms with E-state index in [2.05, 4.69) is 40.6 Å². The maximum absolute atomic E-state index is 14.7. The SMILES string of the molecule is C=S(=O)(NC(=O)[C@]12CC(=O)[C@@H]3[C@H](C)[C@@H](OC(=O)N4Cc5cccc(F)c5C4)CN3C(=O)[C@@H](NC(=O)OC(C)(C)C)CCCCC/C=C\[C@@H]1C2)C1CC1.COc1ccc2c(O[C@H]3CN4C(=O)[C@@H](C)CCCCC/C=C\[C@@H]5C[C@@]5(C(=O)NS(=O)(=O)C5(C)CC5)CC(=O)[C@@H]4[C@@H]3C)cc(-c3nc(C(C)C)cs3)nc2c1C. The number of alkyl carbamates (subject to hydrolysis) is 1. The minimum absolute atomic E-state index is 0.0255. The molecule has 3 N–H and O–H groups in total. The molecule has 6 fully saturated rings. The first-order valence-electron chi connectivity index (χ1n) is 38.1. The first-order valence-corrected chi connectivity index (χ1v) is 42.3. The van der Waals surface area contributed by atoms with Gasteiger partial charge in [0.25, 0.3) is 0 Å². The number of sulfonamides is 1. The molecule has 2 aromatic heterocycles. The van der Waals surface area contributed by atoms with Gasteiger partial charge in [-0.1, -0.05) is 96.7 Å². The Kier molecular flexibility index (Phi) is 22.8. The molecule has 4 aromatic rings. The molecular formula is C80H105FN8O15S3. The molecule has 0 radical (unpaired) electrons. The van der Waals surface area contributed by atoms with Crippen molar-refractivity contribution < 1.29 is 74.3 Å². The largest absolute Gasteiger partial charge is 0.496 e. The zero-order valence-electron chi connectivity index (χ0n) is 63.5. The summed E-state index contributed by atoms with van der Waals surface area (Å²) in [6.07, 6.45) is 15.4. The molecule has 23 nitrogen and oxygen atoms in total. The number of fused-ring (bicyclic) bond motifs is 6. The number of hydrogen-bond donors (Lipinski definition) is 3. The average molecular weight is 1530 g/mol. The zero-order valence-corrected chi connectivity index (χ0v) is 66.0. The number of aromatic nitrogens is 2. The molecule has 6 amide bonds. The van der Waals surface area contributed by atoms with Gasteiger partial charge in [0, 0.05) is 70.3 Å². The summed E-state index contributed by atoms with van der Waals surface area (Å²) in [7, 11) is -5.17. The summed E-state index contributed by atoms with van der Waals surface area (Å²) in [4.78, 5) is 127. The van der Waals surface area contributed by atoms with E-state index in [4.69, 9.17) is 28.9 Å². The Labute approximate surface area is 632 Å². The van der Waals surface area contributed by atoms with Gasteiger partial charge < -0.3 is 34.1 Å². The van der Waals surface area contributed by atoms with Crippen molar-refractivity contribution in [3.8, 4) is 22.2 Å². The molecule has 0 spiro atoms. The van der Waals surface area contributed by atoms with Crippen molar-refractivity contribution in [2.45, 2.75) is 250 Å². The van der Waals surface area contributed by atoms with Crippen molar-refractivity contribution in [3.05, 3.63) is 94.3 Å². The first kappa shape index (κ1) is 78.8. The van der Waals surface area contributed by atoms with E-state index in [1.807, 2.05) is 62.6 Å². The van der Waals surface area contributed by atoms with E-state index in [1.165, 1.54) is 27.2 Å². The number of carbonyl (C=O) groups is 8. The van der Waals surface area contributed by atoms with Gasteiger partial charge in [0.1, 0.15) is 51.9 Å². The van der Waals surface area contributed by atoms with Crippen LogP contribution in [0, 0.1) is 53.2 Å². The summed E-state index contributed by atoms with van der Waals surface area (Å²) in [6.45, 7) is 18.8. The Balaban J connectivity index is 0.000000201. The standard InChI is InChI=1S/C42H54N4O7S2.C38H51FN4O8S/c1-24(2)31-23-54-38(44-31)30-19-34(29-15-16-33(52-7)26(4)36(29)43-30)53-35-22-46-37(27(35)5)32(47)21-42(40(49)45-55(50,51)41(6)17-18-41)20-28(42)14-12-10-8-9-11-13-25(3)39(46)48;1-23-31(50-36(48)42-20-24-12-11-14-28(39)27(24)21-42)22-43-32(23)30(44)19-38(34(46)41-52(5,49)26-16-17-26)18-25(38)13-9-7-6-8-10-15-29(33(43)45)40-35(47)51-37(2,3)4/h12,14-16,19,23-25,27-28,35,37H,8-11,13,17-18,20-22H2,1-7H3,(H,45,49);9,11-14,23,25-26,29,31-32H,5-8,10,15-22H2,1-4H3,(H,40,47)(H,41,46,49)/b14-12-;13-9-/t25-,27+,28+,35-,37-,42+;23-,25-,29+,31+,32+,38-,52?/m01/s1. The number of aryl methyl sites for hydroxylation is 1. The van der Waals surface area contributed by atoms with E-state index in [1.54, 1.807) is 58.8 Å². The fourth-order valence-corrected chi connectivity index (χ4v) is 20.0. The monoisotopic (exact) mass is 1530 g/mol. The number of amides is 6. The second-order valence-electron chi connectivity index (χ2n) is 33.1. The number of allylic oxidation sites excluding steroid dienone is 4. The number of halogens is 1. The molecule has 5 aliphatic heterocycles. The number of rotatable bonds is 13. The summed E-state index contributed by atoms with van der Waals surface area (Å²) in [6, 6.07) is 7.42.